The van der Waals surface area contributed by atoms with Gasteiger partial charge in [-0.1, -0.05) is 39.8 Å². The van der Waals surface area contributed by atoms with Crippen molar-refractivity contribution in [2.45, 2.75) is 90.5 Å². The first kappa shape index (κ1) is 22.0. The van der Waals surface area contributed by atoms with Crippen LogP contribution in [0.5, 0.6) is 0 Å². The number of allylic oxidation sites excluding steroid dienone is 2. The maximum atomic E-state index is 15.5. The molecule has 4 aliphatic rings. The van der Waals surface area contributed by atoms with Crippen molar-refractivity contribution >= 4 is 5.57 Å². The second-order valence-electron chi connectivity index (χ2n) is 10.4. The largest absolute Gasteiger partial charge is 0.393 e. The van der Waals surface area contributed by atoms with Crippen LogP contribution in [0.25, 0.3) is 5.57 Å². The van der Waals surface area contributed by atoms with Gasteiger partial charge in [-0.15, -0.1) is 0 Å². The standard InChI is InChI=1S/C24H32FNO2.C2H6/c1-22-9-8-20-17(19(22)6-5-18(22)15-4-3-11-26-14-15)12-21(25)24(28)13-16(27)7-10-23(20,24)2;1-2/h3-5,11,14,16-17,19-21,27-28H,6-10,12-13H2,1-2H3;1-2H3. The average Bonchev–Trinajstić information content (AvgIpc) is 3.10. The van der Waals surface area contributed by atoms with E-state index in [0.29, 0.717) is 30.6 Å². The third-order valence-corrected chi connectivity index (χ3v) is 9.34. The minimum absolute atomic E-state index is 0.0594. The minimum Gasteiger partial charge on any atom is -0.393 e. The number of aliphatic hydroxyl groups is 2. The predicted octanol–water partition coefficient (Wildman–Crippen LogP) is 5.57. The van der Waals surface area contributed by atoms with Crippen LogP contribution in [0.4, 0.5) is 4.39 Å². The Morgan fingerprint density at radius 3 is 2.60 bits per heavy atom. The van der Waals surface area contributed by atoms with E-state index in [4.69, 9.17) is 0 Å². The summed E-state index contributed by atoms with van der Waals surface area (Å²) in [5.41, 5.74) is 0.820. The van der Waals surface area contributed by atoms with Crippen LogP contribution in [-0.4, -0.2) is 33.1 Å². The fourth-order valence-electron chi connectivity index (χ4n) is 7.75. The Balaban J connectivity index is 0.00000106. The zero-order chi connectivity index (χ0) is 21.7. The molecule has 0 radical (unpaired) electrons. The van der Waals surface area contributed by atoms with E-state index in [0.717, 1.165) is 25.7 Å². The molecule has 5 rings (SSSR count). The number of aromatic nitrogens is 1. The van der Waals surface area contributed by atoms with Gasteiger partial charge in [0.2, 0.25) is 0 Å². The molecule has 0 bridgehead atoms. The van der Waals surface area contributed by atoms with Gasteiger partial charge < -0.3 is 10.2 Å². The SMILES string of the molecule is CC.CC12CCC3C(CC(F)C4(O)CC(O)CCC34C)C1CC=C2c1cccnc1. The van der Waals surface area contributed by atoms with E-state index in [-0.39, 0.29) is 11.8 Å². The Bertz CT molecular complexity index is 797. The first-order valence-corrected chi connectivity index (χ1v) is 12.0. The number of pyridine rings is 1. The maximum absolute atomic E-state index is 15.5. The van der Waals surface area contributed by atoms with Crippen LogP contribution in [0.2, 0.25) is 0 Å². The molecule has 0 aromatic carbocycles. The lowest BCUT2D eigenvalue weighted by atomic mass is 9.42. The molecule has 1 aromatic heterocycles. The number of aliphatic hydroxyl groups excluding tert-OH is 1. The van der Waals surface area contributed by atoms with Gasteiger partial charge in [0.05, 0.1) is 6.10 Å². The Morgan fingerprint density at radius 2 is 1.90 bits per heavy atom. The fourth-order valence-corrected chi connectivity index (χ4v) is 7.75. The van der Waals surface area contributed by atoms with Crippen molar-refractivity contribution < 1.29 is 14.6 Å². The van der Waals surface area contributed by atoms with Crippen molar-refractivity contribution in [2.24, 2.45) is 28.6 Å². The molecule has 30 heavy (non-hydrogen) atoms. The quantitative estimate of drug-likeness (QED) is 0.631. The molecule has 3 saturated carbocycles. The fraction of sp³-hybridized carbons (Fsp3) is 0.731. The molecule has 0 saturated heterocycles. The van der Waals surface area contributed by atoms with E-state index in [1.54, 1.807) is 0 Å². The van der Waals surface area contributed by atoms with Gasteiger partial charge in [-0.3, -0.25) is 4.98 Å². The molecular weight excluding hydrogens is 377 g/mol. The van der Waals surface area contributed by atoms with Crippen molar-refractivity contribution in [1.82, 2.24) is 4.98 Å². The molecule has 1 aromatic rings. The molecule has 166 valence electrons. The number of rotatable bonds is 1. The van der Waals surface area contributed by atoms with Crippen molar-refractivity contribution in [1.29, 1.82) is 0 Å². The van der Waals surface area contributed by atoms with E-state index < -0.39 is 23.3 Å². The summed E-state index contributed by atoms with van der Waals surface area (Å²) >= 11 is 0. The Kier molecular flexibility index (Phi) is 5.64. The van der Waals surface area contributed by atoms with Crippen LogP contribution in [-0.2, 0) is 0 Å². The minimum atomic E-state index is -1.38. The van der Waals surface area contributed by atoms with Crippen LogP contribution in [0, 0.1) is 28.6 Å². The van der Waals surface area contributed by atoms with Crippen molar-refractivity contribution in [3.63, 3.8) is 0 Å². The van der Waals surface area contributed by atoms with E-state index in [1.165, 1.54) is 11.1 Å². The van der Waals surface area contributed by atoms with Gasteiger partial charge >= 0.3 is 0 Å². The third-order valence-electron chi connectivity index (χ3n) is 9.34. The lowest BCUT2D eigenvalue weighted by Gasteiger charge is -2.64. The molecule has 4 aliphatic carbocycles. The van der Waals surface area contributed by atoms with Gasteiger partial charge in [0.1, 0.15) is 11.8 Å². The number of nitrogens with zero attached hydrogens (tertiary/aromatic N) is 1. The summed E-state index contributed by atoms with van der Waals surface area (Å²) in [5, 5.41) is 21.6. The molecule has 0 spiro atoms. The van der Waals surface area contributed by atoms with E-state index in [9.17, 15) is 10.2 Å². The van der Waals surface area contributed by atoms with Crippen molar-refractivity contribution in [3.8, 4) is 0 Å². The normalized spacial score (nSPS) is 47.2. The van der Waals surface area contributed by atoms with Gasteiger partial charge in [0.15, 0.2) is 0 Å². The first-order chi connectivity index (χ1) is 14.3. The monoisotopic (exact) mass is 415 g/mol. The van der Waals surface area contributed by atoms with Gasteiger partial charge in [0, 0.05) is 24.2 Å². The number of fused-ring (bicyclic) bond motifs is 5. The lowest BCUT2D eigenvalue weighted by molar-refractivity contribution is -0.246. The summed E-state index contributed by atoms with van der Waals surface area (Å²) in [4.78, 5) is 4.32. The van der Waals surface area contributed by atoms with Crippen LogP contribution < -0.4 is 0 Å². The molecule has 0 amide bonds. The average molecular weight is 416 g/mol. The summed E-state index contributed by atoms with van der Waals surface area (Å²) in [6.45, 7) is 8.47. The van der Waals surface area contributed by atoms with Gasteiger partial charge in [-0.2, -0.15) is 0 Å². The number of alkyl halides is 1. The highest BCUT2D eigenvalue weighted by atomic mass is 19.1. The highest BCUT2D eigenvalue weighted by molar-refractivity contribution is 5.72. The summed E-state index contributed by atoms with van der Waals surface area (Å²) in [6, 6.07) is 4.13. The van der Waals surface area contributed by atoms with Crippen LogP contribution in [0.15, 0.2) is 30.6 Å². The summed E-state index contributed by atoms with van der Waals surface area (Å²) in [6.07, 6.45) is 9.40. The Labute approximate surface area is 180 Å². The summed E-state index contributed by atoms with van der Waals surface area (Å²) in [5.74, 6) is 1.05. The predicted molar refractivity (Wildman–Crippen MR) is 118 cm³/mol. The molecule has 1 heterocycles. The smallest absolute Gasteiger partial charge is 0.130 e. The van der Waals surface area contributed by atoms with E-state index in [2.05, 4.69) is 31.0 Å². The summed E-state index contributed by atoms with van der Waals surface area (Å²) in [7, 11) is 0. The second kappa shape index (κ2) is 7.70. The van der Waals surface area contributed by atoms with Gasteiger partial charge in [0.25, 0.3) is 0 Å². The Morgan fingerprint density at radius 1 is 1.13 bits per heavy atom. The van der Waals surface area contributed by atoms with E-state index in [1.807, 2.05) is 32.3 Å². The molecular formula is C26H38FNO2. The van der Waals surface area contributed by atoms with Crippen LogP contribution in [0.3, 0.4) is 0 Å². The Hall–Kier alpha value is -1.26. The molecule has 3 nitrogen and oxygen atoms in total. The molecule has 4 heteroatoms. The number of hydrogen-bond donors (Lipinski definition) is 2. The van der Waals surface area contributed by atoms with Crippen molar-refractivity contribution in [2.75, 3.05) is 0 Å². The zero-order valence-electron chi connectivity index (χ0n) is 18.9. The zero-order valence-corrected chi connectivity index (χ0v) is 18.9. The lowest BCUT2D eigenvalue weighted by Crippen LogP contribution is -2.67. The third kappa shape index (κ3) is 2.93. The summed E-state index contributed by atoms with van der Waals surface area (Å²) < 4.78 is 15.5. The molecule has 8 atom stereocenters. The van der Waals surface area contributed by atoms with Crippen LogP contribution >= 0.6 is 0 Å². The van der Waals surface area contributed by atoms with Crippen molar-refractivity contribution in [3.05, 3.63) is 36.2 Å². The topological polar surface area (TPSA) is 53.4 Å². The molecule has 3 fully saturated rings. The molecule has 0 aliphatic heterocycles. The molecule has 2 N–H and O–H groups in total. The van der Waals surface area contributed by atoms with Gasteiger partial charge in [-0.05, 0) is 78.9 Å². The van der Waals surface area contributed by atoms with E-state index >= 15 is 4.39 Å². The molecule has 8 unspecified atom stereocenters. The van der Waals surface area contributed by atoms with Gasteiger partial charge in [-0.25, -0.2) is 4.39 Å². The number of halogens is 1. The first-order valence-electron chi connectivity index (χ1n) is 12.0. The highest BCUT2D eigenvalue weighted by Gasteiger charge is 2.67. The maximum Gasteiger partial charge on any atom is 0.130 e. The second-order valence-corrected chi connectivity index (χ2v) is 10.4. The number of hydrogen-bond acceptors (Lipinski definition) is 3. The van der Waals surface area contributed by atoms with Crippen LogP contribution in [0.1, 0.15) is 78.2 Å². The highest BCUT2D eigenvalue weighted by Crippen LogP contribution is 2.68.